The van der Waals surface area contributed by atoms with Crippen molar-refractivity contribution in [2.45, 2.75) is 32.9 Å². The monoisotopic (exact) mass is 374 g/mol. The van der Waals surface area contributed by atoms with E-state index in [2.05, 4.69) is 10.1 Å². The molecule has 3 amide bonds. The molecule has 0 spiro atoms. The van der Waals surface area contributed by atoms with E-state index in [1.807, 2.05) is 12.2 Å². The molecule has 0 saturated carbocycles. The number of imide groups is 1. The van der Waals surface area contributed by atoms with Gasteiger partial charge in [0.1, 0.15) is 0 Å². The van der Waals surface area contributed by atoms with E-state index in [1.54, 1.807) is 6.92 Å². The lowest BCUT2D eigenvalue weighted by Gasteiger charge is -2.12. The van der Waals surface area contributed by atoms with E-state index in [0.29, 0.717) is 6.42 Å². The topological polar surface area (TPSA) is 103 Å². The van der Waals surface area contributed by atoms with Gasteiger partial charge in [-0.05, 0) is 31.5 Å². The zero-order chi connectivity index (χ0) is 19.7. The van der Waals surface area contributed by atoms with Crippen molar-refractivity contribution in [1.82, 2.24) is 10.6 Å². The van der Waals surface area contributed by atoms with Crippen LogP contribution in [0.4, 0.5) is 13.6 Å². The lowest BCUT2D eigenvalue weighted by atomic mass is 10.2. The number of methoxy groups -OCH3 is 1. The van der Waals surface area contributed by atoms with Crippen LogP contribution in [0.1, 0.15) is 30.6 Å². The number of alkyl halides is 2. The Morgan fingerprint density at radius 1 is 1.19 bits per heavy atom. The molecule has 1 atom stereocenters. The summed E-state index contributed by atoms with van der Waals surface area (Å²) in [7, 11) is 1.21. The second-order valence-electron chi connectivity index (χ2n) is 5.15. The molecule has 0 radical (unpaired) electrons. The largest absolute Gasteiger partial charge is 0.493 e. The van der Waals surface area contributed by atoms with E-state index in [1.165, 1.54) is 13.2 Å². The Morgan fingerprint density at radius 2 is 1.88 bits per heavy atom. The van der Waals surface area contributed by atoms with Crippen LogP contribution in [0.5, 0.6) is 11.5 Å². The van der Waals surface area contributed by atoms with E-state index in [-0.39, 0.29) is 23.1 Å². The normalized spacial score (nSPS) is 11.5. The first kappa shape index (κ1) is 21.1. The van der Waals surface area contributed by atoms with Crippen LogP contribution in [-0.2, 0) is 9.53 Å². The molecule has 0 saturated heterocycles. The van der Waals surface area contributed by atoms with Crippen LogP contribution in [0.25, 0.3) is 0 Å². The fourth-order valence-corrected chi connectivity index (χ4v) is 1.73. The molecule has 1 aromatic rings. The summed E-state index contributed by atoms with van der Waals surface area (Å²) < 4.78 is 38.4. The molecule has 1 rings (SSSR count). The molecule has 144 valence electrons. The third kappa shape index (κ3) is 6.91. The summed E-state index contributed by atoms with van der Waals surface area (Å²) in [4.78, 5) is 35.0. The van der Waals surface area contributed by atoms with Gasteiger partial charge in [0.2, 0.25) is 0 Å². The Labute approximate surface area is 148 Å². The minimum atomic E-state index is -3.05. The fraction of sp³-hybridized carbons (Fsp3) is 0.438. The molecule has 1 aromatic carbocycles. The van der Waals surface area contributed by atoms with Gasteiger partial charge in [0, 0.05) is 6.04 Å². The maximum Gasteiger partial charge on any atom is 0.387 e. The van der Waals surface area contributed by atoms with Gasteiger partial charge in [0.15, 0.2) is 18.1 Å². The van der Waals surface area contributed by atoms with Crippen LogP contribution in [0.3, 0.4) is 0 Å². The predicted octanol–water partition coefficient (Wildman–Crippen LogP) is 2.08. The van der Waals surface area contributed by atoms with Crippen molar-refractivity contribution >= 4 is 17.9 Å². The first-order valence-corrected chi connectivity index (χ1v) is 7.67. The van der Waals surface area contributed by atoms with Gasteiger partial charge in [0.05, 0.1) is 12.7 Å². The lowest BCUT2D eigenvalue weighted by Crippen LogP contribution is -2.44. The van der Waals surface area contributed by atoms with Gasteiger partial charge in [0.25, 0.3) is 5.91 Å². The first-order valence-electron chi connectivity index (χ1n) is 7.67. The molecular formula is C16H20F2N2O6. The average molecular weight is 374 g/mol. The molecule has 26 heavy (non-hydrogen) atoms. The predicted molar refractivity (Wildman–Crippen MR) is 86.3 cm³/mol. The van der Waals surface area contributed by atoms with Crippen molar-refractivity contribution in [3.05, 3.63) is 23.8 Å². The standard InChI is InChI=1S/C16H20F2N2O6/c1-4-9(2)19-16(23)20-13(21)8-25-14(22)10-5-6-11(26-15(17)18)12(7-10)24-3/h5-7,9,15H,4,8H2,1-3H3,(H2,19,20,21,23)/t9-/m1/s1. The average Bonchev–Trinajstić information content (AvgIpc) is 2.59. The molecule has 0 aliphatic rings. The van der Waals surface area contributed by atoms with Gasteiger partial charge in [-0.25, -0.2) is 9.59 Å². The summed E-state index contributed by atoms with van der Waals surface area (Å²) in [6, 6.07) is 2.60. The minimum Gasteiger partial charge on any atom is -0.493 e. The Hall–Kier alpha value is -2.91. The van der Waals surface area contributed by atoms with Gasteiger partial charge in [-0.1, -0.05) is 6.92 Å². The Bertz CT molecular complexity index is 654. The quantitative estimate of drug-likeness (QED) is 0.676. The Morgan fingerprint density at radius 3 is 2.46 bits per heavy atom. The van der Waals surface area contributed by atoms with Crippen molar-refractivity contribution in [3.63, 3.8) is 0 Å². The highest BCUT2D eigenvalue weighted by Crippen LogP contribution is 2.29. The van der Waals surface area contributed by atoms with Crippen LogP contribution in [0.15, 0.2) is 18.2 Å². The molecule has 0 aliphatic heterocycles. The van der Waals surface area contributed by atoms with Crippen LogP contribution >= 0.6 is 0 Å². The molecule has 10 heteroatoms. The number of urea groups is 1. The second kappa shape index (κ2) is 10.2. The van der Waals surface area contributed by atoms with Crippen molar-refractivity contribution in [3.8, 4) is 11.5 Å². The van der Waals surface area contributed by atoms with Crippen LogP contribution < -0.4 is 20.1 Å². The highest BCUT2D eigenvalue weighted by molar-refractivity contribution is 5.97. The molecule has 0 unspecified atom stereocenters. The summed E-state index contributed by atoms with van der Waals surface area (Å²) in [5.41, 5.74) is -0.0414. The number of hydrogen-bond donors (Lipinski definition) is 2. The minimum absolute atomic E-state index is 0.0414. The number of benzene rings is 1. The number of ether oxygens (including phenoxy) is 3. The van der Waals surface area contributed by atoms with Gasteiger partial charge in [-0.3, -0.25) is 10.1 Å². The third-order valence-electron chi connectivity index (χ3n) is 3.19. The molecule has 0 bridgehead atoms. The van der Waals surface area contributed by atoms with Crippen LogP contribution in [0.2, 0.25) is 0 Å². The van der Waals surface area contributed by atoms with Gasteiger partial charge < -0.3 is 19.5 Å². The number of amides is 3. The number of hydrogen-bond acceptors (Lipinski definition) is 6. The molecule has 0 aliphatic carbocycles. The zero-order valence-electron chi connectivity index (χ0n) is 14.5. The maximum absolute atomic E-state index is 12.3. The third-order valence-corrected chi connectivity index (χ3v) is 3.19. The summed E-state index contributed by atoms with van der Waals surface area (Å²) in [6.07, 6.45) is 0.684. The molecular weight excluding hydrogens is 354 g/mol. The molecule has 0 heterocycles. The molecule has 2 N–H and O–H groups in total. The summed E-state index contributed by atoms with van der Waals surface area (Å²) in [6.45, 7) is -0.115. The number of esters is 1. The first-order chi connectivity index (χ1) is 12.3. The number of halogens is 2. The smallest absolute Gasteiger partial charge is 0.387 e. The van der Waals surface area contributed by atoms with Gasteiger partial charge >= 0.3 is 18.6 Å². The maximum atomic E-state index is 12.3. The Kier molecular flexibility index (Phi) is 8.26. The van der Waals surface area contributed by atoms with E-state index >= 15 is 0 Å². The molecule has 8 nitrogen and oxygen atoms in total. The molecule has 0 aromatic heterocycles. The number of carbonyl (C=O) groups is 3. The van der Waals surface area contributed by atoms with Crippen LogP contribution in [0, 0.1) is 0 Å². The zero-order valence-corrected chi connectivity index (χ0v) is 14.5. The van der Waals surface area contributed by atoms with Gasteiger partial charge in [-0.2, -0.15) is 8.78 Å². The fourth-order valence-electron chi connectivity index (χ4n) is 1.73. The summed E-state index contributed by atoms with van der Waals surface area (Å²) >= 11 is 0. The highest BCUT2D eigenvalue weighted by atomic mass is 19.3. The van der Waals surface area contributed by atoms with E-state index in [9.17, 15) is 23.2 Å². The van der Waals surface area contributed by atoms with Gasteiger partial charge in [-0.15, -0.1) is 0 Å². The van der Waals surface area contributed by atoms with E-state index < -0.39 is 31.1 Å². The number of nitrogens with one attached hydrogen (secondary N) is 2. The van der Waals surface area contributed by atoms with Crippen LogP contribution in [-0.4, -0.2) is 44.3 Å². The summed E-state index contributed by atoms with van der Waals surface area (Å²) in [5.74, 6) is -2.07. The number of carbonyl (C=O) groups excluding carboxylic acids is 3. The van der Waals surface area contributed by atoms with Crippen molar-refractivity contribution in [1.29, 1.82) is 0 Å². The van der Waals surface area contributed by atoms with Crippen molar-refractivity contribution in [2.24, 2.45) is 0 Å². The van der Waals surface area contributed by atoms with E-state index in [0.717, 1.165) is 12.1 Å². The molecule has 0 fully saturated rings. The summed E-state index contributed by atoms with van der Waals surface area (Å²) in [5, 5.41) is 4.52. The Balaban J connectivity index is 2.59. The number of rotatable bonds is 8. The second-order valence-corrected chi connectivity index (χ2v) is 5.15. The van der Waals surface area contributed by atoms with Crippen molar-refractivity contribution < 1.29 is 37.4 Å². The van der Waals surface area contributed by atoms with E-state index in [4.69, 9.17) is 9.47 Å². The highest BCUT2D eigenvalue weighted by Gasteiger charge is 2.17. The van der Waals surface area contributed by atoms with Crippen molar-refractivity contribution in [2.75, 3.05) is 13.7 Å². The SMILES string of the molecule is CC[C@@H](C)NC(=O)NC(=O)COC(=O)c1ccc(OC(F)F)c(OC)c1. The lowest BCUT2D eigenvalue weighted by molar-refractivity contribution is -0.123.